The first-order chi connectivity index (χ1) is 21.6. The summed E-state index contributed by atoms with van der Waals surface area (Å²) < 4.78 is 42.4. The molecule has 1 unspecified atom stereocenters. The van der Waals surface area contributed by atoms with Crippen LogP contribution in [0.3, 0.4) is 0 Å². The van der Waals surface area contributed by atoms with Crippen LogP contribution in [-0.2, 0) is 16.8 Å². The summed E-state index contributed by atoms with van der Waals surface area (Å²) in [5, 5.41) is 9.97. The largest absolute Gasteiger partial charge is 0.493 e. The van der Waals surface area contributed by atoms with E-state index < -0.39 is 11.9 Å². The lowest BCUT2D eigenvalue weighted by Gasteiger charge is -2.27. The molecule has 0 fully saturated rings. The molecule has 230 valence electrons. The summed E-state index contributed by atoms with van der Waals surface area (Å²) >= 11 is 0. The summed E-state index contributed by atoms with van der Waals surface area (Å²) in [4.78, 5) is 12.6. The number of fused-ring (bicyclic) bond motifs is 1. The number of carbonyl (C=O) groups is 1. The van der Waals surface area contributed by atoms with Gasteiger partial charge in [0.05, 0.1) is 13.0 Å². The zero-order valence-electron chi connectivity index (χ0n) is 25.4. The third-order valence-corrected chi connectivity index (χ3v) is 7.36. The van der Waals surface area contributed by atoms with Gasteiger partial charge in [-0.25, -0.2) is 9.18 Å². The molecule has 0 bridgehead atoms. The summed E-state index contributed by atoms with van der Waals surface area (Å²) in [5.74, 6) is 0.280. The molecule has 1 atom stereocenters. The number of allylic oxidation sites excluding steroid dienone is 1. The third-order valence-electron chi connectivity index (χ3n) is 7.36. The highest BCUT2D eigenvalue weighted by molar-refractivity contribution is 5.74. The molecule has 5 rings (SSSR count). The molecular formula is C36H33FN2O6. The topological polar surface area (TPSA) is 113 Å². The van der Waals surface area contributed by atoms with Crippen LogP contribution in [0.2, 0.25) is 0 Å². The van der Waals surface area contributed by atoms with Crippen molar-refractivity contribution in [3.63, 3.8) is 0 Å². The van der Waals surface area contributed by atoms with Crippen LogP contribution in [0, 0.1) is 17.1 Å². The van der Waals surface area contributed by atoms with Crippen LogP contribution in [0.1, 0.15) is 48.9 Å². The van der Waals surface area contributed by atoms with E-state index in [0.29, 0.717) is 39.7 Å². The second-order valence-corrected chi connectivity index (χ2v) is 11.5. The Bertz CT molecular complexity index is 1790. The van der Waals surface area contributed by atoms with Crippen molar-refractivity contribution in [3.8, 4) is 34.8 Å². The van der Waals surface area contributed by atoms with Gasteiger partial charge in [-0.3, -0.25) is 0 Å². The molecule has 1 aliphatic rings. The Morgan fingerprint density at radius 3 is 2.38 bits per heavy atom. The first kappa shape index (κ1) is 31.0. The van der Waals surface area contributed by atoms with Gasteiger partial charge in [0, 0.05) is 17.2 Å². The van der Waals surface area contributed by atoms with E-state index in [1.54, 1.807) is 54.6 Å². The number of nitriles is 1. The Labute approximate surface area is 261 Å². The fraction of sp³-hybridized carbons (Fsp3) is 0.222. The zero-order chi connectivity index (χ0) is 32.1. The normalized spacial score (nSPS) is 14.1. The van der Waals surface area contributed by atoms with Crippen LogP contribution in [0.4, 0.5) is 4.39 Å². The Hall–Kier alpha value is -5.49. The number of ether oxygens (including phenoxy) is 5. The average Bonchev–Trinajstić information content (AvgIpc) is 3.02. The number of hydrogen-bond donors (Lipinski definition) is 1. The van der Waals surface area contributed by atoms with Crippen molar-refractivity contribution in [3.05, 3.63) is 124 Å². The van der Waals surface area contributed by atoms with Gasteiger partial charge in [0.1, 0.15) is 41.3 Å². The monoisotopic (exact) mass is 608 g/mol. The summed E-state index contributed by atoms with van der Waals surface area (Å²) in [6, 6.07) is 26.2. The van der Waals surface area contributed by atoms with Crippen LogP contribution < -0.4 is 29.4 Å². The minimum absolute atomic E-state index is 0.00582. The molecule has 0 aromatic heterocycles. The lowest BCUT2D eigenvalue weighted by Crippen LogP contribution is -2.22. The molecule has 0 saturated carbocycles. The van der Waals surface area contributed by atoms with E-state index in [9.17, 15) is 14.4 Å². The minimum Gasteiger partial charge on any atom is -0.493 e. The Balaban J connectivity index is 1.32. The second-order valence-electron chi connectivity index (χ2n) is 11.5. The van der Waals surface area contributed by atoms with Gasteiger partial charge in [-0.05, 0) is 52.9 Å². The van der Waals surface area contributed by atoms with Gasteiger partial charge in [0.15, 0.2) is 18.1 Å². The Kier molecular flexibility index (Phi) is 8.96. The van der Waals surface area contributed by atoms with Crippen molar-refractivity contribution in [2.75, 3.05) is 13.7 Å². The molecule has 0 amide bonds. The lowest BCUT2D eigenvalue weighted by atomic mass is 9.83. The molecule has 0 radical (unpaired) electrons. The number of nitrogens with zero attached hydrogens (tertiary/aromatic N) is 1. The molecular weight excluding hydrogens is 575 g/mol. The van der Waals surface area contributed by atoms with Gasteiger partial charge in [-0.1, -0.05) is 63.2 Å². The van der Waals surface area contributed by atoms with Crippen molar-refractivity contribution in [1.29, 1.82) is 5.26 Å². The first-order valence-electron chi connectivity index (χ1n) is 14.3. The van der Waals surface area contributed by atoms with E-state index in [1.165, 1.54) is 13.2 Å². The van der Waals surface area contributed by atoms with E-state index in [0.717, 1.165) is 5.56 Å². The minimum atomic E-state index is -0.600. The molecule has 0 aliphatic carbocycles. The third kappa shape index (κ3) is 7.02. The van der Waals surface area contributed by atoms with Crippen molar-refractivity contribution in [2.24, 2.45) is 5.73 Å². The fourth-order valence-corrected chi connectivity index (χ4v) is 4.95. The number of halogens is 1. The number of benzene rings is 4. The van der Waals surface area contributed by atoms with Crippen molar-refractivity contribution in [2.45, 2.75) is 38.7 Å². The Morgan fingerprint density at radius 1 is 0.956 bits per heavy atom. The van der Waals surface area contributed by atoms with Gasteiger partial charge < -0.3 is 29.4 Å². The van der Waals surface area contributed by atoms with E-state index >= 15 is 0 Å². The molecule has 9 heteroatoms. The number of rotatable bonds is 9. The van der Waals surface area contributed by atoms with Gasteiger partial charge >= 0.3 is 5.97 Å². The molecule has 1 heterocycles. The van der Waals surface area contributed by atoms with Crippen molar-refractivity contribution < 1.29 is 32.9 Å². The maximum Gasteiger partial charge on any atom is 0.349 e. The molecule has 0 spiro atoms. The average molecular weight is 609 g/mol. The molecule has 1 aliphatic heterocycles. The number of carbonyl (C=O) groups excluding carboxylic acids is 1. The SMILES string of the molecule is COc1cc(C2C(C#N)=C(N)Oc3cc(OC(=O)COc4ccc(C(C)(C)C)cc4)ccc32)ccc1OCc1ccccc1F. The van der Waals surface area contributed by atoms with E-state index in [4.69, 9.17) is 29.4 Å². The standard InChI is InChI=1S/C36H33FN2O6/c1-36(2,3)24-10-12-25(13-11-24)42-21-33(40)44-26-14-15-27-31(18-26)45-35(39)28(19-38)34(27)22-9-16-30(32(17-22)41-4)43-20-23-7-5-6-8-29(23)37/h5-18,34H,20-21,39H2,1-4H3. The van der Waals surface area contributed by atoms with Crippen molar-refractivity contribution >= 4 is 5.97 Å². The fourth-order valence-electron chi connectivity index (χ4n) is 4.95. The van der Waals surface area contributed by atoms with E-state index in [-0.39, 0.29) is 41.7 Å². The van der Waals surface area contributed by atoms with Gasteiger partial charge in [-0.2, -0.15) is 5.26 Å². The summed E-state index contributed by atoms with van der Waals surface area (Å²) in [6.07, 6.45) is 0. The Morgan fingerprint density at radius 2 is 1.69 bits per heavy atom. The van der Waals surface area contributed by atoms with Crippen molar-refractivity contribution in [1.82, 2.24) is 0 Å². The molecule has 2 N–H and O–H groups in total. The summed E-state index contributed by atoms with van der Waals surface area (Å²) in [6.45, 7) is 6.08. The highest BCUT2D eigenvalue weighted by Gasteiger charge is 2.32. The second kappa shape index (κ2) is 13.0. The summed E-state index contributed by atoms with van der Waals surface area (Å²) in [5.41, 5.74) is 9.27. The number of hydrogen-bond acceptors (Lipinski definition) is 8. The number of esters is 1. The first-order valence-corrected chi connectivity index (χ1v) is 14.3. The summed E-state index contributed by atoms with van der Waals surface area (Å²) in [7, 11) is 1.49. The van der Waals surface area contributed by atoms with E-state index in [2.05, 4.69) is 26.8 Å². The molecule has 0 saturated heterocycles. The molecule has 8 nitrogen and oxygen atoms in total. The van der Waals surface area contributed by atoms with Crippen LogP contribution >= 0.6 is 0 Å². The number of methoxy groups -OCH3 is 1. The van der Waals surface area contributed by atoms with E-state index in [1.807, 2.05) is 24.3 Å². The van der Waals surface area contributed by atoms with Crippen LogP contribution in [0.15, 0.2) is 96.4 Å². The molecule has 45 heavy (non-hydrogen) atoms. The van der Waals surface area contributed by atoms with Crippen LogP contribution in [0.5, 0.6) is 28.7 Å². The van der Waals surface area contributed by atoms with Gasteiger partial charge in [0.2, 0.25) is 5.88 Å². The predicted octanol–water partition coefficient (Wildman–Crippen LogP) is 6.91. The zero-order valence-corrected chi connectivity index (χ0v) is 25.4. The molecule has 4 aromatic carbocycles. The maximum absolute atomic E-state index is 14.1. The van der Waals surface area contributed by atoms with Crippen LogP contribution in [-0.4, -0.2) is 19.7 Å². The lowest BCUT2D eigenvalue weighted by molar-refractivity contribution is -0.136. The van der Waals surface area contributed by atoms with Gasteiger partial charge in [-0.15, -0.1) is 0 Å². The van der Waals surface area contributed by atoms with Crippen LogP contribution in [0.25, 0.3) is 0 Å². The highest BCUT2D eigenvalue weighted by Crippen LogP contribution is 2.45. The number of nitrogens with two attached hydrogens (primary N) is 1. The smallest absolute Gasteiger partial charge is 0.349 e. The quantitative estimate of drug-likeness (QED) is 0.161. The molecule has 4 aromatic rings. The predicted molar refractivity (Wildman–Crippen MR) is 166 cm³/mol. The highest BCUT2D eigenvalue weighted by atomic mass is 19.1. The van der Waals surface area contributed by atoms with Gasteiger partial charge in [0.25, 0.3) is 0 Å². The maximum atomic E-state index is 14.1.